The molecular formula is C14H18F3N3O2. The molecule has 8 heteroatoms. The summed E-state index contributed by atoms with van der Waals surface area (Å²) in [5.41, 5.74) is 6.31. The molecule has 0 aliphatic rings. The number of halogens is 3. The average molecular weight is 317 g/mol. The van der Waals surface area contributed by atoms with E-state index in [-0.39, 0.29) is 13.1 Å². The Kier molecular flexibility index (Phi) is 5.92. The highest BCUT2D eigenvalue weighted by Crippen LogP contribution is 2.20. The lowest BCUT2D eigenvalue weighted by atomic mass is 10.1. The van der Waals surface area contributed by atoms with Crippen LogP contribution >= 0.6 is 0 Å². The molecule has 1 aromatic carbocycles. The van der Waals surface area contributed by atoms with E-state index in [0.29, 0.717) is 16.2 Å². The van der Waals surface area contributed by atoms with Gasteiger partial charge in [0.2, 0.25) is 5.91 Å². The van der Waals surface area contributed by atoms with E-state index < -0.39 is 24.0 Å². The minimum absolute atomic E-state index is 0.0746. The molecule has 3 N–H and O–H groups in total. The Morgan fingerprint density at radius 3 is 2.50 bits per heavy atom. The third-order valence-corrected chi connectivity index (χ3v) is 2.89. The van der Waals surface area contributed by atoms with E-state index in [4.69, 9.17) is 5.73 Å². The summed E-state index contributed by atoms with van der Waals surface area (Å²) in [6.07, 6.45) is -4.91. The second kappa shape index (κ2) is 7.26. The first kappa shape index (κ1) is 18.0. The van der Waals surface area contributed by atoms with Crippen LogP contribution in [0.25, 0.3) is 0 Å². The highest BCUT2D eigenvalue weighted by atomic mass is 19.4. The zero-order valence-corrected chi connectivity index (χ0v) is 12.3. The number of amides is 2. The highest BCUT2D eigenvalue weighted by molar-refractivity contribution is 5.94. The summed E-state index contributed by atoms with van der Waals surface area (Å²) in [7, 11) is 0. The van der Waals surface area contributed by atoms with E-state index in [9.17, 15) is 22.8 Å². The zero-order chi connectivity index (χ0) is 16.9. The fourth-order valence-electron chi connectivity index (χ4n) is 1.73. The summed E-state index contributed by atoms with van der Waals surface area (Å²) >= 11 is 0. The summed E-state index contributed by atoms with van der Waals surface area (Å²) in [5, 5.41) is 2.54. The van der Waals surface area contributed by atoms with Crippen molar-refractivity contribution in [2.75, 3.05) is 11.9 Å². The maximum absolute atomic E-state index is 12.5. The van der Waals surface area contributed by atoms with Crippen molar-refractivity contribution in [3.8, 4) is 0 Å². The van der Waals surface area contributed by atoms with E-state index in [1.807, 2.05) is 0 Å². The molecule has 0 saturated carbocycles. The van der Waals surface area contributed by atoms with Crippen LogP contribution in [0.15, 0.2) is 24.3 Å². The van der Waals surface area contributed by atoms with Gasteiger partial charge in [0.1, 0.15) is 0 Å². The van der Waals surface area contributed by atoms with E-state index in [2.05, 4.69) is 5.32 Å². The maximum Gasteiger partial charge on any atom is 0.471 e. The molecule has 1 rings (SSSR count). The van der Waals surface area contributed by atoms with Crippen molar-refractivity contribution in [1.82, 2.24) is 4.90 Å². The van der Waals surface area contributed by atoms with Crippen LogP contribution < -0.4 is 11.1 Å². The fourth-order valence-corrected chi connectivity index (χ4v) is 1.73. The normalized spacial score (nSPS) is 12.6. The number of hydrogen-bond donors (Lipinski definition) is 2. The summed E-state index contributed by atoms with van der Waals surface area (Å²) in [6, 6.07) is 5.55. The maximum atomic E-state index is 12.5. The first-order valence-corrected chi connectivity index (χ1v) is 6.66. The molecular weight excluding hydrogens is 299 g/mol. The molecule has 0 bridgehead atoms. The first-order valence-electron chi connectivity index (χ1n) is 6.66. The summed E-state index contributed by atoms with van der Waals surface area (Å²) in [4.78, 5) is 23.4. The second-order valence-corrected chi connectivity index (χ2v) is 4.80. The molecule has 0 unspecified atom stereocenters. The van der Waals surface area contributed by atoms with Gasteiger partial charge in [0.05, 0.1) is 6.04 Å². The number of benzene rings is 1. The van der Waals surface area contributed by atoms with Gasteiger partial charge in [-0.1, -0.05) is 12.1 Å². The third-order valence-electron chi connectivity index (χ3n) is 2.89. The summed E-state index contributed by atoms with van der Waals surface area (Å²) < 4.78 is 37.4. The molecule has 0 radical (unpaired) electrons. The smallest absolute Gasteiger partial charge is 0.331 e. The number of anilines is 1. The molecule has 0 aromatic heterocycles. The van der Waals surface area contributed by atoms with E-state index in [0.717, 1.165) is 0 Å². The monoisotopic (exact) mass is 317 g/mol. The van der Waals surface area contributed by atoms with E-state index in [1.165, 1.54) is 19.9 Å². The molecule has 0 heterocycles. The highest BCUT2D eigenvalue weighted by Gasteiger charge is 2.41. The van der Waals surface area contributed by atoms with Crippen LogP contribution in [-0.2, 0) is 16.1 Å². The molecule has 1 atom stereocenters. The van der Waals surface area contributed by atoms with Crippen LogP contribution in [0, 0.1) is 0 Å². The van der Waals surface area contributed by atoms with Crippen molar-refractivity contribution in [3.63, 3.8) is 0 Å². The van der Waals surface area contributed by atoms with Gasteiger partial charge in [-0.2, -0.15) is 13.2 Å². The van der Waals surface area contributed by atoms with Crippen LogP contribution in [0.1, 0.15) is 19.4 Å². The number of rotatable bonds is 5. The lowest BCUT2D eigenvalue weighted by molar-refractivity contribution is -0.185. The van der Waals surface area contributed by atoms with Gasteiger partial charge < -0.3 is 16.0 Å². The van der Waals surface area contributed by atoms with Crippen LogP contribution in [0.4, 0.5) is 18.9 Å². The molecule has 2 amide bonds. The van der Waals surface area contributed by atoms with Gasteiger partial charge in [0.25, 0.3) is 0 Å². The molecule has 0 spiro atoms. The summed E-state index contributed by atoms with van der Waals surface area (Å²) in [5.74, 6) is -2.30. The molecule has 1 aromatic rings. The molecule has 0 aliphatic carbocycles. The molecule has 0 fully saturated rings. The van der Waals surface area contributed by atoms with Crippen molar-refractivity contribution in [3.05, 3.63) is 29.8 Å². The standard InChI is InChI=1S/C14H18F3N3O2/c1-3-20(13(22)14(15,16)17)8-10-5-4-6-11(7-10)19-12(21)9(2)18/h4-7,9H,3,8,18H2,1-2H3,(H,19,21)/t9-/m0/s1. The Morgan fingerprint density at radius 2 is 2.00 bits per heavy atom. The van der Waals surface area contributed by atoms with Crippen LogP contribution in [-0.4, -0.2) is 35.5 Å². The number of nitrogens with zero attached hydrogens (tertiary/aromatic N) is 1. The fraction of sp³-hybridized carbons (Fsp3) is 0.429. The minimum atomic E-state index is -4.91. The van der Waals surface area contributed by atoms with Gasteiger partial charge >= 0.3 is 12.1 Å². The quantitative estimate of drug-likeness (QED) is 0.871. The minimum Gasteiger partial charge on any atom is -0.331 e. The van der Waals surface area contributed by atoms with Gasteiger partial charge in [-0.3, -0.25) is 9.59 Å². The molecule has 122 valence electrons. The number of carbonyl (C=O) groups excluding carboxylic acids is 2. The van der Waals surface area contributed by atoms with Crippen LogP contribution in [0.3, 0.4) is 0 Å². The van der Waals surface area contributed by atoms with Crippen molar-refractivity contribution < 1.29 is 22.8 Å². The lowest BCUT2D eigenvalue weighted by Gasteiger charge is -2.22. The second-order valence-electron chi connectivity index (χ2n) is 4.80. The largest absolute Gasteiger partial charge is 0.471 e. The summed E-state index contributed by atoms with van der Waals surface area (Å²) in [6.45, 7) is 2.71. The first-order chi connectivity index (χ1) is 10.1. The Labute approximate surface area is 126 Å². The number of alkyl halides is 3. The van der Waals surface area contributed by atoms with Crippen LogP contribution in [0.2, 0.25) is 0 Å². The van der Waals surface area contributed by atoms with Crippen molar-refractivity contribution in [2.24, 2.45) is 5.73 Å². The molecule has 22 heavy (non-hydrogen) atoms. The number of hydrogen-bond acceptors (Lipinski definition) is 3. The van der Waals surface area contributed by atoms with E-state index in [1.54, 1.807) is 18.2 Å². The van der Waals surface area contributed by atoms with Crippen molar-refractivity contribution in [2.45, 2.75) is 32.6 Å². The van der Waals surface area contributed by atoms with Gasteiger partial charge in [-0.25, -0.2) is 0 Å². The average Bonchev–Trinajstić information content (AvgIpc) is 2.43. The molecule has 0 aliphatic heterocycles. The van der Waals surface area contributed by atoms with Crippen molar-refractivity contribution >= 4 is 17.5 Å². The molecule has 5 nitrogen and oxygen atoms in total. The lowest BCUT2D eigenvalue weighted by Crippen LogP contribution is -2.40. The van der Waals surface area contributed by atoms with Gasteiger partial charge in [-0.15, -0.1) is 0 Å². The van der Waals surface area contributed by atoms with Gasteiger partial charge in [-0.05, 0) is 31.5 Å². The Balaban J connectivity index is 2.85. The van der Waals surface area contributed by atoms with Crippen LogP contribution in [0.5, 0.6) is 0 Å². The number of nitrogens with two attached hydrogens (primary N) is 1. The SMILES string of the molecule is CCN(Cc1cccc(NC(=O)[C@H](C)N)c1)C(=O)C(F)(F)F. The zero-order valence-electron chi connectivity index (χ0n) is 12.3. The predicted molar refractivity (Wildman–Crippen MR) is 75.9 cm³/mol. The van der Waals surface area contributed by atoms with Crippen molar-refractivity contribution in [1.29, 1.82) is 0 Å². The number of nitrogens with one attached hydrogen (secondary N) is 1. The predicted octanol–water partition coefficient (Wildman–Crippen LogP) is 1.88. The Bertz CT molecular complexity index is 544. The Hall–Kier alpha value is -2.09. The molecule has 0 saturated heterocycles. The third kappa shape index (κ3) is 5.03. The number of carbonyl (C=O) groups is 2. The van der Waals surface area contributed by atoms with Gasteiger partial charge in [0.15, 0.2) is 0 Å². The van der Waals surface area contributed by atoms with Gasteiger partial charge in [0, 0.05) is 18.8 Å². The Morgan fingerprint density at radius 1 is 1.36 bits per heavy atom. The topological polar surface area (TPSA) is 75.4 Å². The van der Waals surface area contributed by atoms with E-state index >= 15 is 0 Å².